The molecule has 1 amide bonds. The van der Waals surface area contributed by atoms with Crippen LogP contribution in [0.4, 0.5) is 0 Å². The van der Waals surface area contributed by atoms with Crippen LogP contribution in [0, 0.1) is 18.8 Å². The van der Waals surface area contributed by atoms with Crippen LogP contribution in [0.15, 0.2) is 36.4 Å². The van der Waals surface area contributed by atoms with E-state index in [0.29, 0.717) is 16.7 Å². The molecule has 1 aliphatic carbocycles. The lowest BCUT2D eigenvalue weighted by atomic mass is 9.78. The Balaban J connectivity index is 1.42. The van der Waals surface area contributed by atoms with E-state index in [1.165, 1.54) is 17.8 Å². The van der Waals surface area contributed by atoms with Gasteiger partial charge in [0.1, 0.15) is 9.71 Å². The number of thiophene rings is 1. The highest BCUT2D eigenvalue weighted by molar-refractivity contribution is 7.20. The number of carbonyl (C=O) groups excluding carboxylic acids is 2. The number of benzene rings is 1. The van der Waals surface area contributed by atoms with E-state index >= 15 is 0 Å². The predicted molar refractivity (Wildman–Crippen MR) is 118 cm³/mol. The van der Waals surface area contributed by atoms with Crippen LogP contribution in [-0.4, -0.2) is 34.3 Å². The first kappa shape index (κ1) is 20.6. The molecule has 0 aliphatic heterocycles. The summed E-state index contributed by atoms with van der Waals surface area (Å²) < 4.78 is 7.15. The number of esters is 1. The average molecular weight is 426 g/mol. The number of amides is 1. The average Bonchev–Trinajstić information content (AvgIpc) is 3.31. The Labute approximate surface area is 180 Å². The highest BCUT2D eigenvalue weighted by atomic mass is 32.1. The molecule has 7 heteroatoms. The minimum absolute atomic E-state index is 0.156. The zero-order chi connectivity index (χ0) is 21.3. The van der Waals surface area contributed by atoms with Gasteiger partial charge in [0.05, 0.1) is 11.4 Å². The van der Waals surface area contributed by atoms with Crippen molar-refractivity contribution in [3.63, 3.8) is 0 Å². The number of para-hydroxylation sites is 1. The Bertz CT molecular complexity index is 1060. The largest absolute Gasteiger partial charge is 0.451 e. The van der Waals surface area contributed by atoms with Crippen molar-refractivity contribution in [2.45, 2.75) is 46.1 Å². The second-order valence-corrected chi connectivity index (χ2v) is 9.21. The Morgan fingerprint density at radius 3 is 2.77 bits per heavy atom. The van der Waals surface area contributed by atoms with Gasteiger partial charge >= 0.3 is 5.97 Å². The molecular weight excluding hydrogens is 398 g/mol. The number of fused-ring (bicyclic) bond motifs is 1. The molecule has 0 unspecified atom stereocenters. The van der Waals surface area contributed by atoms with E-state index in [9.17, 15) is 9.59 Å². The van der Waals surface area contributed by atoms with Gasteiger partial charge in [0.2, 0.25) is 0 Å². The highest BCUT2D eigenvalue weighted by Gasteiger charge is 2.28. The normalized spacial score (nSPS) is 21.5. The molecule has 1 aromatic carbocycles. The number of nitrogens with one attached hydrogen (secondary N) is 1. The molecule has 2 aromatic heterocycles. The Morgan fingerprint density at radius 1 is 1.23 bits per heavy atom. The number of hydrogen-bond acceptors (Lipinski definition) is 5. The molecule has 1 N–H and O–H groups in total. The number of hydrogen-bond donors (Lipinski definition) is 1. The summed E-state index contributed by atoms with van der Waals surface area (Å²) in [4.78, 5) is 26.2. The lowest BCUT2D eigenvalue weighted by molar-refractivity contribution is -0.125. The fourth-order valence-corrected chi connectivity index (χ4v) is 5.21. The third-order valence-corrected chi connectivity index (χ3v) is 7.22. The van der Waals surface area contributed by atoms with Crippen LogP contribution in [-0.2, 0) is 9.53 Å². The van der Waals surface area contributed by atoms with Crippen molar-refractivity contribution in [2.24, 2.45) is 11.8 Å². The predicted octanol–water partition coefficient (Wildman–Crippen LogP) is 4.49. The van der Waals surface area contributed by atoms with Gasteiger partial charge in [0.25, 0.3) is 5.91 Å². The molecule has 1 aliphatic rings. The second-order valence-electron chi connectivity index (χ2n) is 8.18. The number of nitrogens with zero attached hydrogens (tertiary/aromatic N) is 2. The van der Waals surface area contributed by atoms with Gasteiger partial charge < -0.3 is 10.1 Å². The summed E-state index contributed by atoms with van der Waals surface area (Å²) in [5, 5.41) is 8.55. The molecule has 3 aromatic rings. The summed E-state index contributed by atoms with van der Waals surface area (Å²) in [6, 6.07) is 11.8. The summed E-state index contributed by atoms with van der Waals surface area (Å²) in [5.74, 6) is 0.319. The van der Waals surface area contributed by atoms with Gasteiger partial charge in [0.15, 0.2) is 6.61 Å². The Morgan fingerprint density at radius 2 is 2.00 bits per heavy atom. The lowest BCUT2D eigenvalue weighted by Crippen LogP contribution is -2.45. The summed E-state index contributed by atoms with van der Waals surface area (Å²) in [5.41, 5.74) is 1.79. The Hall–Kier alpha value is -2.67. The van der Waals surface area contributed by atoms with E-state index in [-0.39, 0.29) is 18.6 Å². The fourth-order valence-electron chi connectivity index (χ4n) is 4.13. The smallest absolute Gasteiger partial charge is 0.348 e. The minimum atomic E-state index is -0.476. The van der Waals surface area contributed by atoms with Crippen LogP contribution in [0.2, 0.25) is 0 Å². The van der Waals surface area contributed by atoms with Crippen molar-refractivity contribution in [1.82, 2.24) is 15.1 Å². The standard InChI is InChI=1S/C23H27N3O3S/c1-14-8-7-11-19(15(14)2)24-21(27)13-29-23(28)20-12-18-16(3)25-26(22(18)30-20)17-9-5-4-6-10-17/h4-6,9-10,12,14-15,19H,7-8,11,13H2,1-3H3,(H,24,27)/t14-,15+,19-/m0/s1. The monoisotopic (exact) mass is 425 g/mol. The molecule has 158 valence electrons. The molecule has 0 spiro atoms. The molecule has 0 radical (unpaired) electrons. The molecule has 1 fully saturated rings. The number of aromatic nitrogens is 2. The van der Waals surface area contributed by atoms with Crippen LogP contribution < -0.4 is 5.32 Å². The van der Waals surface area contributed by atoms with Gasteiger partial charge in [-0.05, 0) is 43.4 Å². The molecule has 4 rings (SSSR count). The fraction of sp³-hybridized carbons (Fsp3) is 0.435. The van der Waals surface area contributed by atoms with Gasteiger partial charge in [-0.15, -0.1) is 11.3 Å². The first-order chi connectivity index (χ1) is 14.4. The minimum Gasteiger partial charge on any atom is -0.451 e. The van der Waals surface area contributed by atoms with Crippen molar-refractivity contribution in [3.05, 3.63) is 47.0 Å². The van der Waals surface area contributed by atoms with Crippen molar-refractivity contribution in [3.8, 4) is 5.69 Å². The molecule has 0 saturated heterocycles. The zero-order valence-corrected chi connectivity index (χ0v) is 18.4. The van der Waals surface area contributed by atoms with Gasteiger partial charge in [-0.25, -0.2) is 9.48 Å². The number of aryl methyl sites for hydroxylation is 1. The third-order valence-electron chi connectivity index (χ3n) is 6.13. The van der Waals surface area contributed by atoms with Crippen LogP contribution in [0.1, 0.15) is 48.5 Å². The van der Waals surface area contributed by atoms with Gasteiger partial charge in [0, 0.05) is 11.4 Å². The van der Waals surface area contributed by atoms with E-state index < -0.39 is 5.97 Å². The van der Waals surface area contributed by atoms with Crippen LogP contribution in [0.3, 0.4) is 0 Å². The van der Waals surface area contributed by atoms with Crippen molar-refractivity contribution >= 4 is 33.4 Å². The molecule has 6 nitrogen and oxygen atoms in total. The van der Waals surface area contributed by atoms with E-state index in [1.54, 1.807) is 6.07 Å². The summed E-state index contributed by atoms with van der Waals surface area (Å²) in [6.07, 6.45) is 3.31. The van der Waals surface area contributed by atoms with Gasteiger partial charge in [-0.3, -0.25) is 4.79 Å². The summed E-state index contributed by atoms with van der Waals surface area (Å²) in [7, 11) is 0. The number of rotatable bonds is 5. The quantitative estimate of drug-likeness (QED) is 0.611. The first-order valence-corrected chi connectivity index (χ1v) is 11.3. The van der Waals surface area contributed by atoms with E-state index in [2.05, 4.69) is 24.3 Å². The molecule has 3 atom stereocenters. The van der Waals surface area contributed by atoms with Crippen molar-refractivity contribution in [2.75, 3.05) is 6.61 Å². The maximum absolute atomic E-state index is 12.6. The zero-order valence-electron chi connectivity index (χ0n) is 17.6. The van der Waals surface area contributed by atoms with Gasteiger partial charge in [-0.2, -0.15) is 5.10 Å². The molecule has 30 heavy (non-hydrogen) atoms. The van der Waals surface area contributed by atoms with Crippen molar-refractivity contribution < 1.29 is 14.3 Å². The third kappa shape index (κ3) is 4.12. The second kappa shape index (κ2) is 8.60. The topological polar surface area (TPSA) is 73.2 Å². The SMILES string of the molecule is Cc1nn(-c2ccccc2)c2sc(C(=O)OCC(=O)N[C@H]3CCC[C@H](C)[C@H]3C)cc12. The molecular formula is C23H27N3O3S. The lowest BCUT2D eigenvalue weighted by Gasteiger charge is -2.34. The summed E-state index contributed by atoms with van der Waals surface area (Å²) >= 11 is 1.33. The van der Waals surface area contributed by atoms with Crippen LogP contribution in [0.5, 0.6) is 0 Å². The summed E-state index contributed by atoms with van der Waals surface area (Å²) in [6.45, 7) is 6.07. The number of ether oxygens (including phenoxy) is 1. The van der Waals surface area contributed by atoms with E-state index in [0.717, 1.165) is 34.4 Å². The Kier molecular flexibility index (Phi) is 5.90. The van der Waals surface area contributed by atoms with Gasteiger partial charge in [-0.1, -0.05) is 44.9 Å². The van der Waals surface area contributed by atoms with Crippen LogP contribution >= 0.6 is 11.3 Å². The van der Waals surface area contributed by atoms with Crippen molar-refractivity contribution in [1.29, 1.82) is 0 Å². The highest BCUT2D eigenvalue weighted by Crippen LogP contribution is 2.31. The maximum Gasteiger partial charge on any atom is 0.348 e. The first-order valence-electron chi connectivity index (χ1n) is 10.4. The van der Waals surface area contributed by atoms with E-state index in [4.69, 9.17) is 4.74 Å². The molecule has 1 saturated carbocycles. The van der Waals surface area contributed by atoms with Crippen LogP contribution in [0.25, 0.3) is 15.9 Å². The maximum atomic E-state index is 12.6. The molecule has 0 bridgehead atoms. The van der Waals surface area contributed by atoms with E-state index in [1.807, 2.05) is 41.9 Å². The number of carbonyl (C=O) groups is 2. The molecule has 2 heterocycles.